The largest absolute Gasteiger partial charge is 0.543 e. The summed E-state index contributed by atoms with van der Waals surface area (Å²) >= 11 is 0. The van der Waals surface area contributed by atoms with Crippen molar-refractivity contribution in [3.05, 3.63) is 69.8 Å². The number of rotatable bonds is 15. The van der Waals surface area contributed by atoms with Crippen LogP contribution in [0, 0.1) is 27.7 Å². The number of carbonyl (C=O) groups is 4. The van der Waals surface area contributed by atoms with Crippen molar-refractivity contribution in [2.24, 2.45) is 0 Å². The Labute approximate surface area is 229 Å². The molecular weight excluding hydrogens is 536 g/mol. The summed E-state index contributed by atoms with van der Waals surface area (Å²) in [5.74, 6) is -1.66. The molecule has 40 heavy (non-hydrogen) atoms. The standard InChI is InChI=1S/C26H30O14/c1-17-5-7-19(3)21(15-17)23(27)35-39-37-25(29)33-13-11-31-9-10-32-12-14-34-26(30)38-40-36-24(28)22-16-18(2)6-8-20(22)4/h5-8,15-16H,9-14H2,1-4H3. The zero-order chi connectivity index (χ0) is 29.3. The molecule has 218 valence electrons. The fraction of sp³-hybridized carbons (Fsp3) is 0.385. The molecule has 0 N–H and O–H groups in total. The van der Waals surface area contributed by atoms with E-state index in [1.54, 1.807) is 52.0 Å². The molecule has 2 rings (SSSR count). The zero-order valence-corrected chi connectivity index (χ0v) is 22.4. The van der Waals surface area contributed by atoms with Crippen LogP contribution >= 0.6 is 0 Å². The maximum atomic E-state index is 11.9. The lowest BCUT2D eigenvalue weighted by Gasteiger charge is -2.08. The van der Waals surface area contributed by atoms with Gasteiger partial charge in [-0.2, -0.15) is 0 Å². The molecule has 0 aliphatic heterocycles. The van der Waals surface area contributed by atoms with Crippen LogP contribution in [0.4, 0.5) is 9.59 Å². The summed E-state index contributed by atoms with van der Waals surface area (Å²) in [6, 6.07) is 10.3. The summed E-state index contributed by atoms with van der Waals surface area (Å²) in [5, 5.41) is 8.31. The van der Waals surface area contributed by atoms with E-state index < -0.39 is 24.2 Å². The van der Waals surface area contributed by atoms with Crippen LogP contribution in [0.1, 0.15) is 43.0 Å². The minimum absolute atomic E-state index is 0.0156. The van der Waals surface area contributed by atoms with E-state index in [0.717, 1.165) is 11.1 Å². The van der Waals surface area contributed by atoms with Gasteiger partial charge in [0.1, 0.15) is 13.2 Å². The Hall–Kier alpha value is -4.24. The van der Waals surface area contributed by atoms with Crippen molar-refractivity contribution in [1.82, 2.24) is 0 Å². The van der Waals surface area contributed by atoms with Crippen LogP contribution in [0.2, 0.25) is 0 Å². The average Bonchev–Trinajstić information content (AvgIpc) is 2.92. The van der Waals surface area contributed by atoms with Crippen molar-refractivity contribution >= 4 is 24.2 Å². The molecular formula is C26H30O14. The number of hydrogen-bond donors (Lipinski definition) is 0. The number of hydrogen-bond acceptors (Lipinski definition) is 14. The molecule has 0 spiro atoms. The van der Waals surface area contributed by atoms with Crippen molar-refractivity contribution in [1.29, 1.82) is 0 Å². The summed E-state index contributed by atoms with van der Waals surface area (Å²) in [5.41, 5.74) is 3.54. The molecule has 0 heterocycles. The van der Waals surface area contributed by atoms with E-state index in [4.69, 9.17) is 9.47 Å². The predicted molar refractivity (Wildman–Crippen MR) is 131 cm³/mol. The summed E-state index contributed by atoms with van der Waals surface area (Å²) in [7, 11) is 0. The van der Waals surface area contributed by atoms with E-state index in [1.165, 1.54) is 0 Å². The minimum atomic E-state index is -1.23. The van der Waals surface area contributed by atoms with Crippen molar-refractivity contribution < 1.29 is 67.8 Å². The lowest BCUT2D eigenvalue weighted by molar-refractivity contribution is -0.452. The van der Waals surface area contributed by atoms with Gasteiger partial charge in [0.25, 0.3) is 0 Å². The topological polar surface area (TPSA) is 161 Å². The second-order valence-electron chi connectivity index (χ2n) is 8.10. The highest BCUT2D eigenvalue weighted by Gasteiger charge is 2.16. The highest BCUT2D eigenvalue weighted by Crippen LogP contribution is 2.13. The Kier molecular flexibility index (Phi) is 13.9. The third kappa shape index (κ3) is 12.1. The molecule has 0 unspecified atom stereocenters. The molecule has 0 aliphatic rings. The van der Waals surface area contributed by atoms with Crippen LogP contribution in [0.25, 0.3) is 0 Å². The quantitative estimate of drug-likeness (QED) is 0.132. The molecule has 0 aromatic heterocycles. The maximum absolute atomic E-state index is 11.9. The predicted octanol–water partition coefficient (Wildman–Crippen LogP) is 3.97. The van der Waals surface area contributed by atoms with Gasteiger partial charge in [-0.15, -0.1) is 0 Å². The van der Waals surface area contributed by atoms with Gasteiger partial charge in [-0.25, -0.2) is 29.0 Å². The number of carbonyl (C=O) groups excluding carboxylic acids is 4. The molecule has 0 fully saturated rings. The van der Waals surface area contributed by atoms with Gasteiger partial charge in [0.05, 0.1) is 47.6 Å². The Bertz CT molecular complexity index is 1060. The van der Waals surface area contributed by atoms with Gasteiger partial charge in [-0.1, -0.05) is 35.4 Å². The third-order valence-corrected chi connectivity index (χ3v) is 4.92. The lowest BCUT2D eigenvalue weighted by atomic mass is 10.1. The Morgan fingerprint density at radius 2 is 0.900 bits per heavy atom. The monoisotopic (exact) mass is 566 g/mol. The summed E-state index contributed by atoms with van der Waals surface area (Å²) in [6.45, 7) is 7.02. The molecule has 0 bridgehead atoms. The Balaban J connectivity index is 1.40. The fourth-order valence-corrected chi connectivity index (χ4v) is 2.89. The van der Waals surface area contributed by atoms with E-state index in [9.17, 15) is 19.2 Å². The SMILES string of the molecule is Cc1ccc(C)c(C(=O)OOOC(=O)OCCOCCOCCOC(=O)OOOC(=O)c2cc(C)ccc2C)c1. The van der Waals surface area contributed by atoms with Crippen LogP contribution in [0.5, 0.6) is 0 Å². The second-order valence-corrected chi connectivity index (χ2v) is 8.10. The van der Waals surface area contributed by atoms with Gasteiger partial charge < -0.3 is 18.9 Å². The molecule has 0 aliphatic carbocycles. The smallest absolute Gasteiger partial charge is 0.430 e. The summed E-state index contributed by atoms with van der Waals surface area (Å²) in [4.78, 5) is 63.9. The molecule has 0 saturated carbocycles. The molecule has 14 heteroatoms. The molecule has 2 aromatic carbocycles. The Morgan fingerprint density at radius 3 is 1.30 bits per heavy atom. The van der Waals surface area contributed by atoms with Crippen LogP contribution < -0.4 is 0 Å². The van der Waals surface area contributed by atoms with E-state index in [-0.39, 0.29) is 50.8 Å². The second kappa shape index (κ2) is 17.4. The first-order valence-electron chi connectivity index (χ1n) is 11.9. The van der Waals surface area contributed by atoms with E-state index >= 15 is 0 Å². The van der Waals surface area contributed by atoms with Gasteiger partial charge in [0.15, 0.2) is 0 Å². The first kappa shape index (κ1) is 32.0. The van der Waals surface area contributed by atoms with Crippen LogP contribution in [0.15, 0.2) is 36.4 Å². The first-order chi connectivity index (χ1) is 19.2. The number of aryl methyl sites for hydroxylation is 4. The van der Waals surface area contributed by atoms with Crippen molar-refractivity contribution in [3.63, 3.8) is 0 Å². The normalized spacial score (nSPS) is 10.4. The highest BCUT2D eigenvalue weighted by molar-refractivity contribution is 5.91. The van der Waals surface area contributed by atoms with Crippen LogP contribution in [0.3, 0.4) is 0 Å². The third-order valence-electron chi connectivity index (χ3n) is 4.92. The summed E-state index contributed by atoms with van der Waals surface area (Å²) < 4.78 is 19.7. The summed E-state index contributed by atoms with van der Waals surface area (Å²) in [6.07, 6.45) is -2.47. The van der Waals surface area contributed by atoms with Gasteiger partial charge in [0.2, 0.25) is 0 Å². The number of benzene rings is 2. The molecule has 0 atom stereocenters. The zero-order valence-electron chi connectivity index (χ0n) is 22.4. The van der Waals surface area contributed by atoms with Crippen LogP contribution in [-0.2, 0) is 48.6 Å². The van der Waals surface area contributed by atoms with Crippen molar-refractivity contribution in [3.8, 4) is 0 Å². The molecule has 0 amide bonds. The molecule has 0 radical (unpaired) electrons. The van der Waals surface area contributed by atoms with Gasteiger partial charge in [-0.3, -0.25) is 9.78 Å². The van der Waals surface area contributed by atoms with E-state index in [1.807, 2.05) is 12.1 Å². The van der Waals surface area contributed by atoms with Crippen molar-refractivity contribution in [2.75, 3.05) is 39.6 Å². The van der Waals surface area contributed by atoms with E-state index in [0.29, 0.717) is 11.1 Å². The maximum Gasteiger partial charge on any atom is 0.543 e. The Morgan fingerprint density at radius 1 is 0.525 bits per heavy atom. The average molecular weight is 567 g/mol. The van der Waals surface area contributed by atoms with Gasteiger partial charge in [0, 0.05) is 0 Å². The minimum Gasteiger partial charge on any atom is -0.430 e. The lowest BCUT2D eigenvalue weighted by Crippen LogP contribution is -2.17. The molecule has 0 saturated heterocycles. The van der Waals surface area contributed by atoms with Gasteiger partial charge in [-0.05, 0) is 51.0 Å². The number of ether oxygens (including phenoxy) is 4. The molecule has 2 aromatic rings. The van der Waals surface area contributed by atoms with Gasteiger partial charge >= 0.3 is 24.2 Å². The van der Waals surface area contributed by atoms with Crippen LogP contribution in [-0.4, -0.2) is 63.9 Å². The van der Waals surface area contributed by atoms with Crippen molar-refractivity contribution in [2.45, 2.75) is 27.7 Å². The first-order valence-corrected chi connectivity index (χ1v) is 11.9. The fourth-order valence-electron chi connectivity index (χ4n) is 2.89. The molecule has 14 nitrogen and oxygen atoms in total. The van der Waals surface area contributed by atoms with E-state index in [2.05, 4.69) is 39.1 Å². The highest BCUT2D eigenvalue weighted by atomic mass is 17.5.